The molecule has 0 spiro atoms. The SMILES string of the molecule is CCC(CC)n1ncc2nc(-n3cc(C(=O)O)cn3)[nH]c(=O)c21. The Morgan fingerprint density at radius 1 is 1.30 bits per heavy atom. The normalized spacial score (nSPS) is 11.4. The van der Waals surface area contributed by atoms with Gasteiger partial charge in [0.15, 0.2) is 5.52 Å². The van der Waals surface area contributed by atoms with Gasteiger partial charge in [-0.25, -0.2) is 14.5 Å². The number of aromatic amines is 1. The third-order valence-electron chi connectivity index (χ3n) is 3.78. The second-order valence-electron chi connectivity index (χ2n) is 5.16. The highest BCUT2D eigenvalue weighted by molar-refractivity contribution is 5.87. The molecule has 3 heterocycles. The molecule has 0 aromatic carbocycles. The molecule has 120 valence electrons. The smallest absolute Gasteiger partial charge is 0.338 e. The molecular weight excluding hydrogens is 300 g/mol. The first-order chi connectivity index (χ1) is 11.0. The summed E-state index contributed by atoms with van der Waals surface area (Å²) in [6, 6.07) is 0.129. The average molecular weight is 316 g/mol. The van der Waals surface area contributed by atoms with E-state index in [1.807, 2.05) is 13.8 Å². The average Bonchev–Trinajstić information content (AvgIpc) is 3.16. The topological polar surface area (TPSA) is 119 Å². The maximum Gasteiger partial charge on any atom is 0.338 e. The van der Waals surface area contributed by atoms with Crippen LogP contribution in [-0.2, 0) is 0 Å². The van der Waals surface area contributed by atoms with Crippen LogP contribution in [0.5, 0.6) is 0 Å². The first kappa shape index (κ1) is 14.9. The van der Waals surface area contributed by atoms with E-state index in [0.717, 1.165) is 12.8 Å². The van der Waals surface area contributed by atoms with Crippen molar-refractivity contribution in [2.24, 2.45) is 0 Å². The number of aromatic nitrogens is 6. The maximum atomic E-state index is 12.4. The van der Waals surface area contributed by atoms with Gasteiger partial charge in [-0.2, -0.15) is 10.2 Å². The van der Waals surface area contributed by atoms with Crippen molar-refractivity contribution >= 4 is 17.0 Å². The molecule has 0 bridgehead atoms. The lowest BCUT2D eigenvalue weighted by atomic mass is 10.2. The number of nitrogens with zero attached hydrogens (tertiary/aromatic N) is 5. The molecular formula is C14H16N6O3. The molecule has 2 N–H and O–H groups in total. The van der Waals surface area contributed by atoms with Crippen molar-refractivity contribution in [2.75, 3.05) is 0 Å². The molecule has 0 aliphatic rings. The monoisotopic (exact) mass is 316 g/mol. The molecule has 0 atom stereocenters. The van der Waals surface area contributed by atoms with Gasteiger partial charge in [-0.15, -0.1) is 0 Å². The Morgan fingerprint density at radius 2 is 2.04 bits per heavy atom. The molecule has 0 unspecified atom stereocenters. The van der Waals surface area contributed by atoms with Crippen molar-refractivity contribution < 1.29 is 9.90 Å². The van der Waals surface area contributed by atoms with E-state index in [1.165, 1.54) is 23.3 Å². The van der Waals surface area contributed by atoms with Crippen molar-refractivity contribution in [1.29, 1.82) is 0 Å². The van der Waals surface area contributed by atoms with Gasteiger partial charge < -0.3 is 5.11 Å². The van der Waals surface area contributed by atoms with Crippen LogP contribution in [0.25, 0.3) is 17.0 Å². The van der Waals surface area contributed by atoms with Gasteiger partial charge in [-0.3, -0.25) is 14.5 Å². The van der Waals surface area contributed by atoms with Gasteiger partial charge >= 0.3 is 5.97 Å². The molecule has 9 nitrogen and oxygen atoms in total. The molecule has 0 saturated heterocycles. The molecule has 0 fully saturated rings. The highest BCUT2D eigenvalue weighted by Crippen LogP contribution is 2.19. The van der Waals surface area contributed by atoms with E-state index >= 15 is 0 Å². The summed E-state index contributed by atoms with van der Waals surface area (Å²) in [5.74, 6) is -0.944. The number of hydrogen-bond donors (Lipinski definition) is 2. The quantitative estimate of drug-likeness (QED) is 0.733. The van der Waals surface area contributed by atoms with E-state index in [2.05, 4.69) is 20.2 Å². The molecule has 3 aromatic heterocycles. The molecule has 3 aromatic rings. The predicted octanol–water partition coefficient (Wildman–Crippen LogP) is 1.36. The Balaban J connectivity index is 2.12. The van der Waals surface area contributed by atoms with Gasteiger partial charge in [0.1, 0.15) is 5.52 Å². The van der Waals surface area contributed by atoms with Crippen LogP contribution in [0.1, 0.15) is 43.1 Å². The number of aromatic carboxylic acids is 1. The summed E-state index contributed by atoms with van der Waals surface area (Å²) in [6.45, 7) is 4.07. The standard InChI is InChI=1S/C14H16N6O3/c1-3-9(4-2)20-11-10(6-16-20)17-14(18-12(11)21)19-7-8(5-15-19)13(22)23/h5-7,9H,3-4H2,1-2H3,(H,22,23)(H,17,18,21). The molecule has 9 heteroatoms. The minimum atomic E-state index is -1.10. The minimum Gasteiger partial charge on any atom is -0.478 e. The van der Waals surface area contributed by atoms with Gasteiger partial charge in [-0.05, 0) is 12.8 Å². The summed E-state index contributed by atoms with van der Waals surface area (Å²) in [7, 11) is 0. The number of carboxylic acid groups (broad SMARTS) is 1. The molecule has 0 saturated carbocycles. The van der Waals surface area contributed by atoms with E-state index in [4.69, 9.17) is 5.11 Å². The summed E-state index contributed by atoms with van der Waals surface area (Å²) in [6.07, 6.45) is 5.73. The van der Waals surface area contributed by atoms with Crippen molar-refractivity contribution in [3.05, 3.63) is 34.5 Å². The first-order valence-electron chi connectivity index (χ1n) is 7.31. The zero-order valence-electron chi connectivity index (χ0n) is 12.7. The predicted molar refractivity (Wildman–Crippen MR) is 81.8 cm³/mol. The van der Waals surface area contributed by atoms with Crippen molar-refractivity contribution in [3.63, 3.8) is 0 Å². The van der Waals surface area contributed by atoms with E-state index in [1.54, 1.807) is 4.68 Å². The minimum absolute atomic E-state index is 0.0143. The van der Waals surface area contributed by atoms with Gasteiger partial charge in [0.2, 0.25) is 5.95 Å². The summed E-state index contributed by atoms with van der Waals surface area (Å²) in [5.41, 5.74) is 0.540. The number of rotatable bonds is 5. The molecule has 0 aliphatic heterocycles. The Morgan fingerprint density at radius 3 is 2.65 bits per heavy atom. The third kappa shape index (κ3) is 2.50. The van der Waals surface area contributed by atoms with E-state index in [0.29, 0.717) is 11.0 Å². The van der Waals surface area contributed by atoms with Crippen LogP contribution >= 0.6 is 0 Å². The van der Waals surface area contributed by atoms with Crippen LogP contribution in [0.2, 0.25) is 0 Å². The fraction of sp³-hybridized carbons (Fsp3) is 0.357. The summed E-state index contributed by atoms with van der Waals surface area (Å²) >= 11 is 0. The van der Waals surface area contributed by atoms with Gasteiger partial charge in [-0.1, -0.05) is 13.8 Å². The van der Waals surface area contributed by atoms with Crippen LogP contribution < -0.4 is 5.56 Å². The van der Waals surface area contributed by atoms with E-state index in [-0.39, 0.29) is 23.1 Å². The van der Waals surface area contributed by atoms with Crippen LogP contribution in [0, 0.1) is 0 Å². The maximum absolute atomic E-state index is 12.4. The number of fused-ring (bicyclic) bond motifs is 1. The van der Waals surface area contributed by atoms with Gasteiger partial charge in [0.25, 0.3) is 5.56 Å². The van der Waals surface area contributed by atoms with Crippen molar-refractivity contribution in [1.82, 2.24) is 29.5 Å². The molecule has 0 aliphatic carbocycles. The number of carboxylic acids is 1. The second kappa shape index (κ2) is 5.67. The Hall–Kier alpha value is -2.97. The number of carbonyl (C=O) groups is 1. The first-order valence-corrected chi connectivity index (χ1v) is 7.31. The number of nitrogens with one attached hydrogen (secondary N) is 1. The molecule has 23 heavy (non-hydrogen) atoms. The highest BCUT2D eigenvalue weighted by atomic mass is 16.4. The fourth-order valence-corrected chi connectivity index (χ4v) is 2.53. The van der Waals surface area contributed by atoms with Crippen LogP contribution in [-0.4, -0.2) is 40.6 Å². The third-order valence-corrected chi connectivity index (χ3v) is 3.78. The Kier molecular flexibility index (Phi) is 3.68. The molecule has 0 amide bonds. The lowest BCUT2D eigenvalue weighted by Crippen LogP contribution is -2.19. The fourth-order valence-electron chi connectivity index (χ4n) is 2.53. The van der Waals surface area contributed by atoms with Gasteiger partial charge in [0, 0.05) is 6.20 Å². The molecule has 0 radical (unpaired) electrons. The Bertz CT molecular complexity index is 918. The zero-order chi connectivity index (χ0) is 16.6. The lowest BCUT2D eigenvalue weighted by molar-refractivity contribution is 0.0697. The number of hydrogen-bond acceptors (Lipinski definition) is 5. The summed E-state index contributed by atoms with van der Waals surface area (Å²) < 4.78 is 2.91. The zero-order valence-corrected chi connectivity index (χ0v) is 12.7. The Labute approximate surface area is 130 Å². The summed E-state index contributed by atoms with van der Waals surface area (Å²) in [4.78, 5) is 30.3. The van der Waals surface area contributed by atoms with Crippen LogP contribution in [0.3, 0.4) is 0 Å². The largest absolute Gasteiger partial charge is 0.478 e. The van der Waals surface area contributed by atoms with E-state index < -0.39 is 5.97 Å². The lowest BCUT2D eigenvalue weighted by Gasteiger charge is -2.13. The van der Waals surface area contributed by atoms with E-state index in [9.17, 15) is 9.59 Å². The van der Waals surface area contributed by atoms with Crippen molar-refractivity contribution in [3.8, 4) is 5.95 Å². The second-order valence-corrected chi connectivity index (χ2v) is 5.16. The molecule has 3 rings (SSSR count). The van der Waals surface area contributed by atoms with Crippen LogP contribution in [0.15, 0.2) is 23.4 Å². The number of H-pyrrole nitrogens is 1. The summed E-state index contributed by atoms with van der Waals surface area (Å²) in [5, 5.41) is 17.1. The van der Waals surface area contributed by atoms with Gasteiger partial charge in [0.05, 0.1) is 24.0 Å². The van der Waals surface area contributed by atoms with Crippen molar-refractivity contribution in [2.45, 2.75) is 32.7 Å². The van der Waals surface area contributed by atoms with Crippen LogP contribution in [0.4, 0.5) is 0 Å². The highest BCUT2D eigenvalue weighted by Gasteiger charge is 2.17.